The molecule has 0 amide bonds. The van der Waals surface area contributed by atoms with Gasteiger partial charge in [0.1, 0.15) is 0 Å². The Labute approximate surface area is 103 Å². The van der Waals surface area contributed by atoms with Crippen molar-refractivity contribution in [2.45, 2.75) is 25.4 Å². The van der Waals surface area contributed by atoms with Crippen LogP contribution >= 0.6 is 0 Å². The van der Waals surface area contributed by atoms with Crippen molar-refractivity contribution in [3.05, 3.63) is 0 Å². The monoisotopic (exact) mass is 397 g/mol. The number of aliphatic hydroxyl groups is 1. The van der Waals surface area contributed by atoms with Crippen LogP contribution in [0.4, 0.5) is 0 Å². The number of carbonyl (C=O) groups is 1. The fourth-order valence-electron chi connectivity index (χ4n) is 2.22. The van der Waals surface area contributed by atoms with Crippen LogP contribution in [0.3, 0.4) is 0 Å². The standard InChI is InChI=1S/C9H18N2O3.Pt/c10-4-6-1-2-9(6,5-11)3-7(12)8(13)14;/h6-7,12H,1-5,10-11H2,(H,13,14);. The molecule has 3 unspecified atom stereocenters. The van der Waals surface area contributed by atoms with E-state index in [-0.39, 0.29) is 38.8 Å². The molecule has 0 aromatic heterocycles. The molecule has 0 aromatic carbocycles. The minimum atomic E-state index is -1.31. The van der Waals surface area contributed by atoms with E-state index >= 15 is 0 Å². The average Bonchev–Trinajstić information content (AvgIpc) is 2.12. The van der Waals surface area contributed by atoms with Gasteiger partial charge in [-0.3, -0.25) is 0 Å². The number of aliphatic hydroxyl groups excluding tert-OH is 1. The molecule has 1 rings (SSSR count). The predicted octanol–water partition coefficient (Wildman–Crippen LogP) is -0.867. The van der Waals surface area contributed by atoms with Crippen LogP contribution in [0.2, 0.25) is 0 Å². The normalized spacial score (nSPS) is 31.3. The van der Waals surface area contributed by atoms with E-state index in [1.807, 2.05) is 0 Å². The maximum atomic E-state index is 10.5. The van der Waals surface area contributed by atoms with Gasteiger partial charge in [-0.2, -0.15) is 0 Å². The zero-order chi connectivity index (χ0) is 10.8. The van der Waals surface area contributed by atoms with E-state index in [0.717, 1.165) is 12.8 Å². The third-order valence-electron chi connectivity index (χ3n) is 3.43. The predicted molar refractivity (Wildman–Crippen MR) is 51.5 cm³/mol. The van der Waals surface area contributed by atoms with Crippen molar-refractivity contribution in [1.82, 2.24) is 0 Å². The molecule has 0 radical (unpaired) electrons. The Kier molecular flexibility index (Phi) is 5.96. The first-order valence-corrected chi connectivity index (χ1v) is 4.87. The Bertz CT molecular complexity index is 221. The number of hydrogen-bond acceptors (Lipinski definition) is 4. The molecule has 1 fully saturated rings. The van der Waals surface area contributed by atoms with Crippen LogP contribution in [0.15, 0.2) is 0 Å². The van der Waals surface area contributed by atoms with Crippen LogP contribution in [0.25, 0.3) is 0 Å². The third-order valence-corrected chi connectivity index (χ3v) is 3.43. The summed E-state index contributed by atoms with van der Waals surface area (Å²) in [4.78, 5) is 10.5. The van der Waals surface area contributed by atoms with Crippen molar-refractivity contribution >= 4 is 5.97 Å². The zero-order valence-corrected chi connectivity index (χ0v) is 10.7. The maximum Gasteiger partial charge on any atom is 0.332 e. The Morgan fingerprint density at radius 3 is 2.40 bits per heavy atom. The fourth-order valence-corrected chi connectivity index (χ4v) is 2.22. The van der Waals surface area contributed by atoms with Gasteiger partial charge in [0.25, 0.3) is 0 Å². The SMILES string of the molecule is NCC1CCC1(CN)CC(O)C(=O)O.[Pt]. The molecule has 15 heavy (non-hydrogen) atoms. The smallest absolute Gasteiger partial charge is 0.332 e. The van der Waals surface area contributed by atoms with Crippen LogP contribution in [0.1, 0.15) is 19.3 Å². The molecule has 5 nitrogen and oxygen atoms in total. The molecule has 3 atom stereocenters. The van der Waals surface area contributed by atoms with E-state index < -0.39 is 12.1 Å². The zero-order valence-electron chi connectivity index (χ0n) is 8.46. The summed E-state index contributed by atoms with van der Waals surface area (Å²) in [6.07, 6.45) is 0.768. The number of hydrogen-bond donors (Lipinski definition) is 4. The minimum Gasteiger partial charge on any atom is -0.479 e. The summed E-state index contributed by atoms with van der Waals surface area (Å²) in [5, 5.41) is 17.9. The maximum absolute atomic E-state index is 10.5. The van der Waals surface area contributed by atoms with Gasteiger partial charge in [0, 0.05) is 21.1 Å². The largest absolute Gasteiger partial charge is 0.479 e. The summed E-state index contributed by atoms with van der Waals surface area (Å²) in [5.41, 5.74) is 10.9. The Balaban J connectivity index is 0.00000196. The molecule has 1 aliphatic carbocycles. The van der Waals surface area contributed by atoms with Gasteiger partial charge in [-0.15, -0.1) is 0 Å². The van der Waals surface area contributed by atoms with Crippen molar-refractivity contribution in [2.75, 3.05) is 13.1 Å². The van der Waals surface area contributed by atoms with Crippen molar-refractivity contribution in [3.8, 4) is 0 Å². The van der Waals surface area contributed by atoms with E-state index in [1.54, 1.807) is 0 Å². The van der Waals surface area contributed by atoms with Crippen molar-refractivity contribution in [2.24, 2.45) is 22.8 Å². The molecule has 0 saturated heterocycles. The molecule has 0 bridgehead atoms. The van der Waals surface area contributed by atoms with Gasteiger partial charge in [0.15, 0.2) is 6.10 Å². The fraction of sp³-hybridized carbons (Fsp3) is 0.889. The molecule has 6 heteroatoms. The molecule has 0 heterocycles. The van der Waals surface area contributed by atoms with E-state index in [4.69, 9.17) is 16.6 Å². The van der Waals surface area contributed by atoms with Crippen molar-refractivity contribution in [3.63, 3.8) is 0 Å². The van der Waals surface area contributed by atoms with Gasteiger partial charge in [-0.1, -0.05) is 0 Å². The van der Waals surface area contributed by atoms with Gasteiger partial charge in [-0.05, 0) is 43.7 Å². The Morgan fingerprint density at radius 1 is 1.53 bits per heavy atom. The Morgan fingerprint density at radius 2 is 2.13 bits per heavy atom. The van der Waals surface area contributed by atoms with Gasteiger partial charge < -0.3 is 21.7 Å². The van der Waals surface area contributed by atoms with Crippen molar-refractivity contribution in [1.29, 1.82) is 0 Å². The van der Waals surface area contributed by atoms with Crippen LogP contribution in [0.5, 0.6) is 0 Å². The summed E-state index contributed by atoms with van der Waals surface area (Å²) in [7, 11) is 0. The van der Waals surface area contributed by atoms with E-state index in [0.29, 0.717) is 13.1 Å². The molecule has 1 saturated carbocycles. The molecule has 1 aliphatic rings. The molecular weight excluding hydrogens is 379 g/mol. The topological polar surface area (TPSA) is 110 Å². The summed E-state index contributed by atoms with van der Waals surface area (Å²) in [6.45, 7) is 0.919. The second kappa shape index (κ2) is 5.94. The van der Waals surface area contributed by atoms with E-state index in [2.05, 4.69) is 0 Å². The van der Waals surface area contributed by atoms with E-state index in [9.17, 15) is 9.90 Å². The third kappa shape index (κ3) is 3.00. The summed E-state index contributed by atoms with van der Waals surface area (Å²) in [6, 6.07) is 0. The molecule has 0 aliphatic heterocycles. The minimum absolute atomic E-state index is 0. The number of rotatable bonds is 5. The molecule has 0 aromatic rings. The molecule has 0 spiro atoms. The van der Waals surface area contributed by atoms with Crippen molar-refractivity contribution < 1.29 is 36.1 Å². The number of carboxylic acids is 1. The Hall–Kier alpha value is 0.0383. The van der Waals surface area contributed by atoms with Gasteiger partial charge in [0.2, 0.25) is 0 Å². The van der Waals surface area contributed by atoms with Gasteiger partial charge >= 0.3 is 5.97 Å². The first-order valence-electron chi connectivity index (χ1n) is 4.87. The van der Waals surface area contributed by atoms with Crippen LogP contribution < -0.4 is 11.5 Å². The van der Waals surface area contributed by atoms with Crippen LogP contribution in [0, 0.1) is 11.3 Å². The summed E-state index contributed by atoms with van der Waals surface area (Å²) >= 11 is 0. The first kappa shape index (κ1) is 15.0. The summed E-state index contributed by atoms with van der Waals surface area (Å²) < 4.78 is 0. The molecular formula is C9H18N2O3Pt. The number of nitrogens with two attached hydrogens (primary N) is 2. The average molecular weight is 397 g/mol. The quantitative estimate of drug-likeness (QED) is 0.483. The number of aliphatic carboxylic acids is 1. The van der Waals surface area contributed by atoms with Gasteiger partial charge in [-0.25, -0.2) is 4.79 Å². The first-order chi connectivity index (χ1) is 6.55. The van der Waals surface area contributed by atoms with Crippen LogP contribution in [-0.4, -0.2) is 35.4 Å². The van der Waals surface area contributed by atoms with E-state index in [1.165, 1.54) is 0 Å². The molecule has 92 valence electrons. The van der Waals surface area contributed by atoms with Gasteiger partial charge in [0.05, 0.1) is 0 Å². The van der Waals surface area contributed by atoms with Crippen LogP contribution in [-0.2, 0) is 25.9 Å². The number of carboxylic acid groups (broad SMARTS) is 1. The molecule has 6 N–H and O–H groups in total. The summed E-state index contributed by atoms with van der Waals surface area (Å²) in [5.74, 6) is -0.915. The second-order valence-corrected chi connectivity index (χ2v) is 4.10. The second-order valence-electron chi connectivity index (χ2n) is 4.10.